The molecule has 2 aromatic rings. The Morgan fingerprint density at radius 2 is 1.77 bits per heavy atom. The maximum atomic E-state index is 12.6. The topological polar surface area (TPSA) is 54.3 Å². The van der Waals surface area contributed by atoms with Crippen LogP contribution in [0.2, 0.25) is 0 Å². The van der Waals surface area contributed by atoms with Crippen molar-refractivity contribution in [2.45, 2.75) is 0 Å². The number of anilines is 1. The van der Waals surface area contributed by atoms with Gasteiger partial charge in [0.25, 0.3) is 5.91 Å². The van der Waals surface area contributed by atoms with Crippen LogP contribution in [-0.4, -0.2) is 51.5 Å². The van der Waals surface area contributed by atoms with Crippen LogP contribution in [0.5, 0.6) is 0 Å². The van der Waals surface area contributed by atoms with Gasteiger partial charge >= 0.3 is 0 Å². The van der Waals surface area contributed by atoms with E-state index in [9.17, 15) is 4.79 Å². The van der Waals surface area contributed by atoms with Gasteiger partial charge in [-0.2, -0.15) is 0 Å². The van der Waals surface area contributed by atoms with Crippen LogP contribution in [0.15, 0.2) is 36.8 Å². The van der Waals surface area contributed by atoms with Crippen molar-refractivity contribution in [3.63, 3.8) is 0 Å². The van der Waals surface area contributed by atoms with Crippen LogP contribution in [0.25, 0.3) is 0 Å². The predicted octanol–water partition coefficient (Wildman–Crippen LogP) is 1.02. The SMILES string of the molecule is Cn1cccc1C(=O)N1CC2CN(c3ncccn3)CC2C1. The summed E-state index contributed by atoms with van der Waals surface area (Å²) >= 11 is 0. The van der Waals surface area contributed by atoms with E-state index in [4.69, 9.17) is 0 Å². The number of carbonyl (C=O) groups is 1. The first-order valence-corrected chi connectivity index (χ1v) is 7.65. The molecule has 0 spiro atoms. The average molecular weight is 297 g/mol. The number of rotatable bonds is 2. The van der Waals surface area contributed by atoms with E-state index in [0.717, 1.165) is 37.8 Å². The Balaban J connectivity index is 1.44. The van der Waals surface area contributed by atoms with Crippen LogP contribution >= 0.6 is 0 Å². The Hall–Kier alpha value is -2.37. The van der Waals surface area contributed by atoms with Gasteiger partial charge in [0.15, 0.2) is 0 Å². The van der Waals surface area contributed by atoms with Crippen molar-refractivity contribution in [2.24, 2.45) is 18.9 Å². The Morgan fingerprint density at radius 3 is 2.36 bits per heavy atom. The maximum Gasteiger partial charge on any atom is 0.270 e. The molecule has 2 aliphatic rings. The first-order chi connectivity index (χ1) is 10.7. The summed E-state index contributed by atoms with van der Waals surface area (Å²) in [5.74, 6) is 1.99. The van der Waals surface area contributed by atoms with E-state index in [1.807, 2.05) is 40.9 Å². The summed E-state index contributed by atoms with van der Waals surface area (Å²) in [5, 5.41) is 0. The minimum atomic E-state index is 0.143. The van der Waals surface area contributed by atoms with Crippen LogP contribution in [0.1, 0.15) is 10.5 Å². The normalized spacial score (nSPS) is 23.9. The Labute approximate surface area is 129 Å². The van der Waals surface area contributed by atoms with Gasteiger partial charge in [-0.25, -0.2) is 9.97 Å². The molecule has 2 atom stereocenters. The molecule has 0 saturated carbocycles. The standard InChI is InChI=1S/C16H19N5O/c1-19-7-2-4-14(19)15(22)20-8-12-10-21(11-13(12)9-20)16-17-5-3-6-18-16/h2-7,12-13H,8-11H2,1H3. The highest BCUT2D eigenvalue weighted by Crippen LogP contribution is 2.33. The van der Waals surface area contributed by atoms with Gasteiger partial charge in [-0.1, -0.05) is 0 Å². The molecular formula is C16H19N5O. The lowest BCUT2D eigenvalue weighted by atomic mass is 10.0. The number of aromatic nitrogens is 3. The molecule has 2 fully saturated rings. The van der Waals surface area contributed by atoms with Crippen molar-refractivity contribution in [3.05, 3.63) is 42.5 Å². The highest BCUT2D eigenvalue weighted by atomic mass is 16.2. The van der Waals surface area contributed by atoms with Crippen LogP contribution in [0.4, 0.5) is 5.95 Å². The predicted molar refractivity (Wildman–Crippen MR) is 82.5 cm³/mol. The lowest BCUT2D eigenvalue weighted by molar-refractivity contribution is 0.0773. The molecule has 1 amide bonds. The molecule has 0 aliphatic carbocycles. The number of amides is 1. The number of nitrogens with zero attached hydrogens (tertiary/aromatic N) is 5. The fraction of sp³-hybridized carbons (Fsp3) is 0.438. The van der Waals surface area contributed by atoms with E-state index in [0.29, 0.717) is 11.8 Å². The summed E-state index contributed by atoms with van der Waals surface area (Å²) in [4.78, 5) is 25.5. The summed E-state index contributed by atoms with van der Waals surface area (Å²) in [7, 11) is 1.92. The highest BCUT2D eigenvalue weighted by Gasteiger charge is 2.42. The van der Waals surface area contributed by atoms with E-state index >= 15 is 0 Å². The lowest BCUT2D eigenvalue weighted by Gasteiger charge is -2.21. The molecule has 0 bridgehead atoms. The van der Waals surface area contributed by atoms with Gasteiger partial charge in [0.1, 0.15) is 5.69 Å². The number of hydrogen-bond donors (Lipinski definition) is 0. The van der Waals surface area contributed by atoms with Gasteiger partial charge in [0.2, 0.25) is 5.95 Å². The molecule has 0 radical (unpaired) electrons. The lowest BCUT2D eigenvalue weighted by Crippen LogP contribution is -2.34. The Bertz CT molecular complexity index is 669. The van der Waals surface area contributed by atoms with Crippen molar-refractivity contribution < 1.29 is 4.79 Å². The van der Waals surface area contributed by atoms with Crippen molar-refractivity contribution in [1.29, 1.82) is 0 Å². The van der Waals surface area contributed by atoms with Gasteiger partial charge in [-0.15, -0.1) is 0 Å². The molecule has 2 aromatic heterocycles. The van der Waals surface area contributed by atoms with Gasteiger partial charge in [-0.05, 0) is 18.2 Å². The second-order valence-electron chi connectivity index (χ2n) is 6.19. The summed E-state index contributed by atoms with van der Waals surface area (Å²) < 4.78 is 1.89. The monoisotopic (exact) mass is 297 g/mol. The number of carbonyl (C=O) groups excluding carboxylic acids is 1. The zero-order valence-corrected chi connectivity index (χ0v) is 12.6. The zero-order chi connectivity index (χ0) is 15.1. The molecule has 2 unspecified atom stereocenters. The molecule has 4 rings (SSSR count). The van der Waals surface area contributed by atoms with Gasteiger partial charge in [0.05, 0.1) is 0 Å². The second-order valence-corrected chi connectivity index (χ2v) is 6.19. The Morgan fingerprint density at radius 1 is 1.09 bits per heavy atom. The first-order valence-electron chi connectivity index (χ1n) is 7.65. The zero-order valence-electron chi connectivity index (χ0n) is 12.6. The molecule has 6 nitrogen and oxygen atoms in total. The fourth-order valence-electron chi connectivity index (χ4n) is 3.62. The van der Waals surface area contributed by atoms with Crippen molar-refractivity contribution in [2.75, 3.05) is 31.1 Å². The smallest absolute Gasteiger partial charge is 0.270 e. The molecule has 2 aliphatic heterocycles. The van der Waals surface area contributed by atoms with E-state index in [1.54, 1.807) is 12.4 Å². The number of fused-ring (bicyclic) bond motifs is 1. The minimum Gasteiger partial charge on any atom is -0.347 e. The quantitative estimate of drug-likeness (QED) is 0.830. The number of hydrogen-bond acceptors (Lipinski definition) is 4. The van der Waals surface area contributed by atoms with Gasteiger partial charge < -0.3 is 14.4 Å². The van der Waals surface area contributed by atoms with E-state index in [2.05, 4.69) is 14.9 Å². The highest BCUT2D eigenvalue weighted by molar-refractivity contribution is 5.93. The summed E-state index contributed by atoms with van der Waals surface area (Å²) in [5.41, 5.74) is 0.767. The van der Waals surface area contributed by atoms with Crippen LogP contribution in [-0.2, 0) is 7.05 Å². The summed E-state index contributed by atoms with van der Waals surface area (Å²) in [6.45, 7) is 3.53. The van der Waals surface area contributed by atoms with E-state index in [1.165, 1.54) is 0 Å². The average Bonchev–Trinajstić information content (AvgIpc) is 3.21. The number of likely N-dealkylation sites (tertiary alicyclic amines) is 1. The maximum absolute atomic E-state index is 12.6. The molecule has 4 heterocycles. The van der Waals surface area contributed by atoms with Crippen molar-refractivity contribution in [1.82, 2.24) is 19.4 Å². The van der Waals surface area contributed by atoms with E-state index in [-0.39, 0.29) is 5.91 Å². The molecule has 114 valence electrons. The Kier molecular flexibility index (Phi) is 3.10. The number of aryl methyl sites for hydroxylation is 1. The molecule has 22 heavy (non-hydrogen) atoms. The van der Waals surface area contributed by atoms with Crippen LogP contribution in [0.3, 0.4) is 0 Å². The summed E-state index contributed by atoms with van der Waals surface area (Å²) in [6.07, 6.45) is 5.47. The molecule has 0 aromatic carbocycles. The van der Waals surface area contributed by atoms with Crippen LogP contribution < -0.4 is 4.90 Å². The fourth-order valence-corrected chi connectivity index (χ4v) is 3.62. The van der Waals surface area contributed by atoms with Crippen molar-refractivity contribution in [3.8, 4) is 0 Å². The van der Waals surface area contributed by atoms with Crippen LogP contribution in [0, 0.1) is 11.8 Å². The molecule has 2 saturated heterocycles. The van der Waals surface area contributed by atoms with E-state index < -0.39 is 0 Å². The molecule has 6 heteroatoms. The van der Waals surface area contributed by atoms with Gasteiger partial charge in [-0.3, -0.25) is 4.79 Å². The molecule has 0 N–H and O–H groups in total. The minimum absolute atomic E-state index is 0.143. The van der Waals surface area contributed by atoms with Gasteiger partial charge in [0, 0.05) is 63.7 Å². The third-order valence-electron chi connectivity index (χ3n) is 4.77. The van der Waals surface area contributed by atoms with Crippen molar-refractivity contribution >= 4 is 11.9 Å². The second kappa shape index (κ2) is 5.12. The third-order valence-corrected chi connectivity index (χ3v) is 4.77. The third kappa shape index (κ3) is 2.15. The first kappa shape index (κ1) is 13.3. The largest absolute Gasteiger partial charge is 0.347 e. The summed E-state index contributed by atoms with van der Waals surface area (Å²) in [6, 6.07) is 5.64. The molecular weight excluding hydrogens is 278 g/mol.